The first-order chi connectivity index (χ1) is 8.08. The molecule has 0 aliphatic carbocycles. The lowest BCUT2D eigenvalue weighted by Gasteiger charge is -2.09. The quantitative estimate of drug-likeness (QED) is 0.645. The molecule has 0 spiro atoms. The molecular weight excluding hydrogens is 354 g/mol. The van der Waals surface area contributed by atoms with Gasteiger partial charge in [0, 0.05) is 8.95 Å². The lowest BCUT2D eigenvalue weighted by Crippen LogP contribution is -2.08. The minimum Gasteiger partial charge on any atom is -0.466 e. The molecular formula is C11H11Br2NO3. The van der Waals surface area contributed by atoms with Crippen LogP contribution < -0.4 is 5.32 Å². The number of hydrogen-bond donors (Lipinski definition) is 1. The molecule has 0 bridgehead atoms. The number of ether oxygens (including phenoxy) is 1. The van der Waals surface area contributed by atoms with E-state index in [0.29, 0.717) is 27.6 Å². The van der Waals surface area contributed by atoms with E-state index in [1.165, 1.54) is 0 Å². The third-order valence-corrected chi connectivity index (χ3v) is 3.21. The highest BCUT2D eigenvalue weighted by atomic mass is 79.9. The zero-order valence-corrected chi connectivity index (χ0v) is 12.3. The zero-order valence-electron chi connectivity index (χ0n) is 9.13. The Labute approximate surface area is 116 Å². The fourth-order valence-electron chi connectivity index (χ4n) is 1.30. The molecule has 0 saturated heterocycles. The molecule has 1 N–H and O–H groups in total. The van der Waals surface area contributed by atoms with Gasteiger partial charge in [-0.1, -0.05) is 0 Å². The van der Waals surface area contributed by atoms with Crippen LogP contribution in [0.25, 0.3) is 0 Å². The number of esters is 1. The number of rotatable bonds is 5. The van der Waals surface area contributed by atoms with E-state index in [0.717, 1.165) is 5.56 Å². The van der Waals surface area contributed by atoms with Crippen LogP contribution in [-0.4, -0.2) is 19.0 Å². The molecule has 0 aliphatic rings. The van der Waals surface area contributed by atoms with Crippen molar-refractivity contribution in [3.63, 3.8) is 0 Å². The second kappa shape index (κ2) is 6.76. The summed E-state index contributed by atoms with van der Waals surface area (Å²) < 4.78 is 6.28. The van der Waals surface area contributed by atoms with Crippen molar-refractivity contribution in [3.05, 3.63) is 26.6 Å². The molecule has 0 fully saturated rings. The number of hydrogen-bond acceptors (Lipinski definition) is 3. The molecule has 1 aromatic carbocycles. The van der Waals surface area contributed by atoms with Gasteiger partial charge in [-0.3, -0.25) is 9.59 Å². The van der Waals surface area contributed by atoms with Gasteiger partial charge in [-0.25, -0.2) is 0 Å². The molecule has 0 unspecified atom stereocenters. The van der Waals surface area contributed by atoms with E-state index >= 15 is 0 Å². The van der Waals surface area contributed by atoms with Crippen molar-refractivity contribution in [1.82, 2.24) is 0 Å². The lowest BCUT2D eigenvalue weighted by molar-refractivity contribution is -0.142. The van der Waals surface area contributed by atoms with Crippen LogP contribution in [0.5, 0.6) is 0 Å². The van der Waals surface area contributed by atoms with Gasteiger partial charge in [0.05, 0.1) is 18.7 Å². The predicted molar refractivity (Wildman–Crippen MR) is 71.9 cm³/mol. The Balaban J connectivity index is 2.90. The van der Waals surface area contributed by atoms with E-state index < -0.39 is 0 Å². The molecule has 1 amide bonds. The van der Waals surface area contributed by atoms with E-state index in [4.69, 9.17) is 4.74 Å². The zero-order chi connectivity index (χ0) is 12.8. The summed E-state index contributed by atoms with van der Waals surface area (Å²) in [6, 6.07) is 3.54. The highest BCUT2D eigenvalue weighted by Crippen LogP contribution is 2.32. The maximum Gasteiger partial charge on any atom is 0.310 e. The summed E-state index contributed by atoms with van der Waals surface area (Å²) in [5.41, 5.74) is 1.44. The van der Waals surface area contributed by atoms with Crippen molar-refractivity contribution < 1.29 is 14.3 Å². The highest BCUT2D eigenvalue weighted by Gasteiger charge is 2.10. The van der Waals surface area contributed by atoms with Crippen molar-refractivity contribution in [2.45, 2.75) is 13.3 Å². The average molecular weight is 365 g/mol. The van der Waals surface area contributed by atoms with Gasteiger partial charge >= 0.3 is 5.97 Å². The van der Waals surface area contributed by atoms with Crippen LogP contribution in [0.1, 0.15) is 12.5 Å². The molecule has 1 rings (SSSR count). The second-order valence-corrected chi connectivity index (χ2v) is 4.89. The Kier molecular flexibility index (Phi) is 5.64. The monoisotopic (exact) mass is 363 g/mol. The summed E-state index contributed by atoms with van der Waals surface area (Å²) in [7, 11) is 0. The van der Waals surface area contributed by atoms with Crippen molar-refractivity contribution in [2.24, 2.45) is 0 Å². The summed E-state index contributed by atoms with van der Waals surface area (Å²) in [6.45, 7) is 2.13. The molecule has 4 nitrogen and oxygen atoms in total. The second-order valence-electron chi connectivity index (χ2n) is 3.18. The fraction of sp³-hybridized carbons (Fsp3) is 0.273. The molecule has 92 valence electrons. The minimum atomic E-state index is -0.276. The number of amides is 1. The average Bonchev–Trinajstić information content (AvgIpc) is 2.23. The summed E-state index contributed by atoms with van der Waals surface area (Å²) in [5.74, 6) is -0.276. The van der Waals surface area contributed by atoms with Crippen molar-refractivity contribution in [1.29, 1.82) is 0 Å². The number of halogens is 2. The molecule has 17 heavy (non-hydrogen) atoms. The standard InChI is InChI=1S/C11H11Br2NO3/c1-2-17-10(16)5-7-3-8(12)11(14-6-15)9(13)4-7/h3-4,6H,2,5H2,1H3,(H,14,15). The van der Waals surface area contributed by atoms with E-state index in [1.807, 2.05) is 0 Å². The number of carbonyl (C=O) groups excluding carboxylic acids is 2. The summed E-state index contributed by atoms with van der Waals surface area (Å²) in [6.07, 6.45) is 0.794. The Morgan fingerprint density at radius 3 is 2.47 bits per heavy atom. The smallest absolute Gasteiger partial charge is 0.310 e. The number of anilines is 1. The van der Waals surface area contributed by atoms with Gasteiger partial charge in [0.15, 0.2) is 0 Å². The lowest BCUT2D eigenvalue weighted by atomic mass is 10.1. The van der Waals surface area contributed by atoms with Gasteiger partial charge in [0.1, 0.15) is 0 Å². The molecule has 0 heterocycles. The predicted octanol–water partition coefficient (Wildman–Crippen LogP) is 2.89. The van der Waals surface area contributed by atoms with Gasteiger partial charge in [0.2, 0.25) is 6.41 Å². The topological polar surface area (TPSA) is 55.4 Å². The SMILES string of the molecule is CCOC(=O)Cc1cc(Br)c(NC=O)c(Br)c1. The third kappa shape index (κ3) is 4.12. The minimum absolute atomic E-state index is 0.201. The number of benzene rings is 1. The van der Waals surface area contributed by atoms with Gasteiger partial charge in [0.25, 0.3) is 0 Å². The molecule has 1 aromatic rings. The van der Waals surface area contributed by atoms with Gasteiger partial charge in [-0.05, 0) is 56.5 Å². The Morgan fingerprint density at radius 1 is 1.41 bits per heavy atom. The summed E-state index contributed by atoms with van der Waals surface area (Å²) >= 11 is 6.65. The van der Waals surface area contributed by atoms with Crippen molar-refractivity contribution >= 4 is 49.9 Å². The van der Waals surface area contributed by atoms with Gasteiger partial charge in [-0.2, -0.15) is 0 Å². The third-order valence-electron chi connectivity index (χ3n) is 1.96. The highest BCUT2D eigenvalue weighted by molar-refractivity contribution is 9.11. The molecule has 6 heteroatoms. The first kappa shape index (κ1) is 14.2. The van der Waals surface area contributed by atoms with Crippen LogP contribution in [0.3, 0.4) is 0 Å². The van der Waals surface area contributed by atoms with Crippen LogP contribution >= 0.6 is 31.9 Å². The van der Waals surface area contributed by atoms with Crippen LogP contribution in [0.2, 0.25) is 0 Å². The van der Waals surface area contributed by atoms with E-state index in [9.17, 15) is 9.59 Å². The van der Waals surface area contributed by atoms with E-state index in [1.54, 1.807) is 19.1 Å². The molecule has 0 saturated carbocycles. The van der Waals surface area contributed by atoms with Crippen LogP contribution in [0.4, 0.5) is 5.69 Å². The maximum atomic E-state index is 11.3. The largest absolute Gasteiger partial charge is 0.466 e. The maximum absolute atomic E-state index is 11.3. The normalized spacial score (nSPS) is 9.82. The van der Waals surface area contributed by atoms with Gasteiger partial charge < -0.3 is 10.1 Å². The molecule has 0 atom stereocenters. The Morgan fingerprint density at radius 2 is 2.00 bits per heavy atom. The molecule has 0 aromatic heterocycles. The Bertz CT molecular complexity index is 412. The van der Waals surface area contributed by atoms with E-state index in [2.05, 4.69) is 37.2 Å². The van der Waals surface area contributed by atoms with Gasteiger partial charge in [-0.15, -0.1) is 0 Å². The van der Waals surface area contributed by atoms with E-state index in [-0.39, 0.29) is 12.4 Å². The number of carbonyl (C=O) groups is 2. The van der Waals surface area contributed by atoms with Crippen LogP contribution in [0.15, 0.2) is 21.1 Å². The van der Waals surface area contributed by atoms with Crippen LogP contribution in [-0.2, 0) is 20.7 Å². The molecule has 0 aliphatic heterocycles. The first-order valence-corrected chi connectivity index (χ1v) is 6.50. The first-order valence-electron chi connectivity index (χ1n) is 4.92. The summed E-state index contributed by atoms with van der Waals surface area (Å²) in [5, 5.41) is 2.56. The van der Waals surface area contributed by atoms with Crippen molar-refractivity contribution in [2.75, 3.05) is 11.9 Å². The number of nitrogens with one attached hydrogen (secondary N) is 1. The van der Waals surface area contributed by atoms with Crippen LogP contribution in [0, 0.1) is 0 Å². The van der Waals surface area contributed by atoms with Crippen molar-refractivity contribution in [3.8, 4) is 0 Å². The Hall–Kier alpha value is -0.880. The summed E-state index contributed by atoms with van der Waals surface area (Å²) in [4.78, 5) is 21.7. The fourth-order valence-corrected chi connectivity index (χ4v) is 2.81. The molecule has 0 radical (unpaired) electrons.